The van der Waals surface area contributed by atoms with Gasteiger partial charge < -0.3 is 15.0 Å². The fraction of sp³-hybridized carbons (Fsp3) is 0.583. The predicted octanol–water partition coefficient (Wildman–Crippen LogP) is 5.14. The highest BCUT2D eigenvalue weighted by Gasteiger charge is 2.20. The van der Waals surface area contributed by atoms with E-state index >= 15 is 0 Å². The molecule has 0 bridgehead atoms. The maximum absolute atomic E-state index is 12.7. The molecule has 3 rings (SSSR count). The second-order valence-electron chi connectivity index (χ2n) is 8.36. The Kier molecular flexibility index (Phi) is 9.46. The summed E-state index contributed by atoms with van der Waals surface area (Å²) in [5.74, 6) is 1.51. The average molecular weight is 459 g/mol. The first-order valence-electron chi connectivity index (χ1n) is 11.6. The maximum atomic E-state index is 12.7. The SMILES string of the molecule is CCCCN(CCC(=O)Nc1nnc(-c2ccc(OC)cc2)s1)C(=O)CCC1CCCC1. The van der Waals surface area contributed by atoms with Crippen LogP contribution in [0.4, 0.5) is 5.13 Å². The van der Waals surface area contributed by atoms with Crippen molar-refractivity contribution < 1.29 is 14.3 Å². The van der Waals surface area contributed by atoms with Gasteiger partial charge in [-0.15, -0.1) is 10.2 Å². The Labute approximate surface area is 194 Å². The summed E-state index contributed by atoms with van der Waals surface area (Å²) in [4.78, 5) is 27.1. The van der Waals surface area contributed by atoms with Gasteiger partial charge in [0.15, 0.2) is 0 Å². The van der Waals surface area contributed by atoms with Crippen LogP contribution in [0.3, 0.4) is 0 Å². The summed E-state index contributed by atoms with van der Waals surface area (Å²) in [6.07, 6.45) is 8.92. The van der Waals surface area contributed by atoms with Gasteiger partial charge in [-0.2, -0.15) is 0 Å². The number of rotatable bonds is 12. The van der Waals surface area contributed by atoms with Gasteiger partial charge in [-0.25, -0.2) is 0 Å². The molecule has 0 aliphatic heterocycles. The van der Waals surface area contributed by atoms with Gasteiger partial charge in [-0.3, -0.25) is 9.59 Å². The molecule has 1 fully saturated rings. The Morgan fingerprint density at radius 3 is 2.56 bits per heavy atom. The number of hydrogen-bond acceptors (Lipinski definition) is 6. The summed E-state index contributed by atoms with van der Waals surface area (Å²) < 4.78 is 5.17. The fourth-order valence-electron chi connectivity index (χ4n) is 4.04. The molecule has 1 aliphatic carbocycles. The second-order valence-corrected chi connectivity index (χ2v) is 9.34. The molecule has 2 aromatic rings. The van der Waals surface area contributed by atoms with Crippen molar-refractivity contribution in [1.29, 1.82) is 0 Å². The first-order valence-corrected chi connectivity index (χ1v) is 12.5. The lowest BCUT2D eigenvalue weighted by molar-refractivity contribution is -0.132. The minimum absolute atomic E-state index is 0.146. The minimum Gasteiger partial charge on any atom is -0.497 e. The van der Waals surface area contributed by atoms with Crippen LogP contribution in [0.25, 0.3) is 10.6 Å². The van der Waals surface area contributed by atoms with Crippen molar-refractivity contribution in [2.75, 3.05) is 25.5 Å². The Morgan fingerprint density at radius 2 is 1.88 bits per heavy atom. The molecule has 0 atom stereocenters. The summed E-state index contributed by atoms with van der Waals surface area (Å²) in [5.41, 5.74) is 0.919. The van der Waals surface area contributed by atoms with E-state index in [1.165, 1.54) is 37.0 Å². The van der Waals surface area contributed by atoms with Crippen molar-refractivity contribution in [2.45, 2.75) is 64.7 Å². The van der Waals surface area contributed by atoms with Crippen LogP contribution in [-0.2, 0) is 9.59 Å². The van der Waals surface area contributed by atoms with E-state index in [9.17, 15) is 9.59 Å². The number of carbonyl (C=O) groups is 2. The minimum atomic E-state index is -0.146. The summed E-state index contributed by atoms with van der Waals surface area (Å²) in [7, 11) is 1.63. The van der Waals surface area contributed by atoms with E-state index in [1.807, 2.05) is 29.2 Å². The van der Waals surface area contributed by atoms with E-state index < -0.39 is 0 Å². The van der Waals surface area contributed by atoms with Gasteiger partial charge in [0.05, 0.1) is 7.11 Å². The molecule has 1 heterocycles. The lowest BCUT2D eigenvalue weighted by Crippen LogP contribution is -2.34. The standard InChI is InChI=1S/C24H34N4O3S/c1-3-4-16-28(22(30)14-9-18-7-5-6-8-18)17-15-21(29)25-24-27-26-23(32-24)19-10-12-20(31-2)13-11-19/h10-13,18H,3-9,14-17H2,1-2H3,(H,25,27,29). The number of nitrogens with one attached hydrogen (secondary N) is 1. The summed E-state index contributed by atoms with van der Waals surface area (Å²) in [6.45, 7) is 3.27. The Bertz CT molecular complexity index is 862. The molecule has 0 saturated heterocycles. The first kappa shape index (κ1) is 24.2. The molecular weight excluding hydrogens is 424 g/mol. The highest BCUT2D eigenvalue weighted by atomic mass is 32.1. The maximum Gasteiger partial charge on any atom is 0.227 e. The third-order valence-corrected chi connectivity index (χ3v) is 6.88. The Balaban J connectivity index is 1.48. The van der Waals surface area contributed by atoms with Gasteiger partial charge in [0.2, 0.25) is 16.9 Å². The monoisotopic (exact) mass is 458 g/mol. The summed E-state index contributed by atoms with van der Waals surface area (Å²) in [6, 6.07) is 7.55. The summed E-state index contributed by atoms with van der Waals surface area (Å²) in [5, 5.41) is 12.3. The number of hydrogen-bond donors (Lipinski definition) is 1. The van der Waals surface area contributed by atoms with Gasteiger partial charge >= 0.3 is 0 Å². The molecule has 1 aliphatic rings. The number of anilines is 1. The van der Waals surface area contributed by atoms with E-state index in [4.69, 9.17) is 4.74 Å². The van der Waals surface area contributed by atoms with E-state index in [0.29, 0.717) is 30.6 Å². The molecule has 1 saturated carbocycles. The molecule has 32 heavy (non-hydrogen) atoms. The quantitative estimate of drug-likeness (QED) is 0.476. The van der Waals surface area contributed by atoms with Gasteiger partial charge in [-0.05, 0) is 43.0 Å². The molecule has 1 N–H and O–H groups in total. The molecule has 174 valence electrons. The number of ether oxygens (including phenoxy) is 1. The number of methoxy groups -OCH3 is 1. The van der Waals surface area contributed by atoms with Crippen LogP contribution in [0.5, 0.6) is 5.75 Å². The van der Waals surface area contributed by atoms with Crippen LogP contribution in [0.1, 0.15) is 64.7 Å². The van der Waals surface area contributed by atoms with Crippen molar-refractivity contribution in [3.8, 4) is 16.3 Å². The third-order valence-electron chi connectivity index (χ3n) is 5.99. The normalized spacial score (nSPS) is 13.8. The number of nitrogens with zero attached hydrogens (tertiary/aromatic N) is 3. The predicted molar refractivity (Wildman–Crippen MR) is 128 cm³/mol. The van der Waals surface area contributed by atoms with Crippen LogP contribution in [0.2, 0.25) is 0 Å². The van der Waals surface area contributed by atoms with Crippen LogP contribution in [-0.4, -0.2) is 47.1 Å². The molecule has 0 unspecified atom stereocenters. The van der Waals surface area contributed by atoms with Crippen molar-refractivity contribution in [3.63, 3.8) is 0 Å². The molecule has 0 radical (unpaired) electrons. The average Bonchev–Trinajstić information content (AvgIpc) is 3.50. The van der Waals surface area contributed by atoms with Crippen molar-refractivity contribution in [2.24, 2.45) is 5.92 Å². The Hall–Kier alpha value is -2.48. The smallest absolute Gasteiger partial charge is 0.227 e. The zero-order valence-corrected chi connectivity index (χ0v) is 20.0. The molecule has 1 aromatic heterocycles. The van der Waals surface area contributed by atoms with Gasteiger partial charge in [0, 0.05) is 31.5 Å². The number of unbranched alkanes of at least 4 members (excludes halogenated alkanes) is 1. The van der Waals surface area contributed by atoms with Crippen molar-refractivity contribution in [1.82, 2.24) is 15.1 Å². The van der Waals surface area contributed by atoms with E-state index in [0.717, 1.165) is 35.6 Å². The first-order chi connectivity index (χ1) is 15.6. The van der Waals surface area contributed by atoms with Gasteiger partial charge in [0.1, 0.15) is 10.8 Å². The zero-order valence-electron chi connectivity index (χ0n) is 19.1. The molecule has 2 amide bonds. The lowest BCUT2D eigenvalue weighted by Gasteiger charge is -2.23. The molecule has 0 spiro atoms. The van der Waals surface area contributed by atoms with Gasteiger partial charge in [-0.1, -0.05) is 50.4 Å². The topological polar surface area (TPSA) is 84.4 Å². The van der Waals surface area contributed by atoms with E-state index in [2.05, 4.69) is 22.4 Å². The molecule has 7 nitrogen and oxygen atoms in total. The highest BCUT2D eigenvalue weighted by Crippen LogP contribution is 2.29. The molecule has 8 heteroatoms. The third kappa shape index (κ3) is 7.29. The van der Waals surface area contributed by atoms with Crippen LogP contribution in [0, 0.1) is 5.92 Å². The number of benzene rings is 1. The lowest BCUT2D eigenvalue weighted by atomic mass is 10.0. The summed E-state index contributed by atoms with van der Waals surface area (Å²) >= 11 is 1.33. The Morgan fingerprint density at radius 1 is 1.12 bits per heavy atom. The van der Waals surface area contributed by atoms with E-state index in [-0.39, 0.29) is 18.2 Å². The van der Waals surface area contributed by atoms with Crippen molar-refractivity contribution >= 4 is 28.3 Å². The number of carbonyl (C=O) groups excluding carboxylic acids is 2. The second kappa shape index (κ2) is 12.5. The van der Waals surface area contributed by atoms with Crippen LogP contribution >= 0.6 is 11.3 Å². The number of aromatic nitrogens is 2. The van der Waals surface area contributed by atoms with Gasteiger partial charge in [0.25, 0.3) is 0 Å². The highest BCUT2D eigenvalue weighted by molar-refractivity contribution is 7.18. The van der Waals surface area contributed by atoms with Crippen LogP contribution < -0.4 is 10.1 Å². The largest absolute Gasteiger partial charge is 0.497 e. The van der Waals surface area contributed by atoms with E-state index in [1.54, 1.807) is 7.11 Å². The number of amides is 2. The zero-order chi connectivity index (χ0) is 22.8. The van der Waals surface area contributed by atoms with Crippen LogP contribution in [0.15, 0.2) is 24.3 Å². The van der Waals surface area contributed by atoms with Crippen molar-refractivity contribution in [3.05, 3.63) is 24.3 Å². The molecular formula is C24H34N4O3S. The molecule has 1 aromatic carbocycles. The fourth-order valence-corrected chi connectivity index (χ4v) is 4.80.